The molecule has 1 fully saturated rings. The minimum Gasteiger partial charge on any atom is -0.491 e. The third-order valence-electron chi connectivity index (χ3n) is 2.17. The van der Waals surface area contributed by atoms with E-state index in [1.165, 1.54) is 5.56 Å². The van der Waals surface area contributed by atoms with Crippen LogP contribution in [0, 0.1) is 0 Å². The number of epoxide rings is 1. The van der Waals surface area contributed by atoms with Crippen molar-refractivity contribution >= 4 is 0 Å². The van der Waals surface area contributed by atoms with Crippen molar-refractivity contribution < 1.29 is 9.47 Å². The highest BCUT2D eigenvalue weighted by Crippen LogP contribution is 2.15. The largest absolute Gasteiger partial charge is 0.491 e. The fraction of sp³-hybridized carbons (Fsp3) is 0.455. The van der Waals surface area contributed by atoms with Crippen LogP contribution in [0.5, 0.6) is 5.75 Å². The predicted octanol–water partition coefficient (Wildman–Crippen LogP) is 2.03. The summed E-state index contributed by atoms with van der Waals surface area (Å²) in [7, 11) is 0. The number of hydrogen-bond acceptors (Lipinski definition) is 2. The van der Waals surface area contributed by atoms with Gasteiger partial charge >= 0.3 is 0 Å². The van der Waals surface area contributed by atoms with Crippen molar-refractivity contribution in [2.75, 3.05) is 13.2 Å². The van der Waals surface area contributed by atoms with Crippen molar-refractivity contribution in [1.29, 1.82) is 0 Å². The Hall–Kier alpha value is -1.02. The molecule has 0 aromatic heterocycles. The van der Waals surface area contributed by atoms with Crippen LogP contribution in [-0.4, -0.2) is 19.3 Å². The summed E-state index contributed by atoms with van der Waals surface area (Å²) in [6.07, 6.45) is 1.41. The van der Waals surface area contributed by atoms with Crippen LogP contribution in [-0.2, 0) is 11.2 Å². The Morgan fingerprint density at radius 2 is 2.08 bits per heavy atom. The second-order valence-corrected chi connectivity index (χ2v) is 3.26. The average Bonchev–Trinajstić information content (AvgIpc) is 2.99. The Morgan fingerprint density at radius 3 is 2.62 bits per heavy atom. The van der Waals surface area contributed by atoms with E-state index in [1.54, 1.807) is 0 Å². The molecular weight excluding hydrogens is 164 g/mol. The molecule has 0 amide bonds. The fourth-order valence-corrected chi connectivity index (χ4v) is 1.17. The van der Waals surface area contributed by atoms with Crippen LogP contribution in [0.3, 0.4) is 0 Å². The topological polar surface area (TPSA) is 21.8 Å². The van der Waals surface area contributed by atoms with Gasteiger partial charge in [0.2, 0.25) is 0 Å². The number of ether oxygens (including phenoxy) is 2. The van der Waals surface area contributed by atoms with E-state index in [1.807, 2.05) is 12.1 Å². The van der Waals surface area contributed by atoms with Gasteiger partial charge in [0.15, 0.2) is 0 Å². The van der Waals surface area contributed by atoms with Gasteiger partial charge in [0.1, 0.15) is 18.5 Å². The lowest BCUT2D eigenvalue weighted by atomic mass is 10.2. The second kappa shape index (κ2) is 3.79. The molecule has 13 heavy (non-hydrogen) atoms. The minimum absolute atomic E-state index is 0.339. The summed E-state index contributed by atoms with van der Waals surface area (Å²) >= 11 is 0. The highest BCUT2D eigenvalue weighted by Gasteiger charge is 2.22. The highest BCUT2D eigenvalue weighted by atomic mass is 16.6. The lowest BCUT2D eigenvalue weighted by Crippen LogP contribution is -2.03. The Kier molecular flexibility index (Phi) is 2.50. The van der Waals surface area contributed by atoms with Gasteiger partial charge in [0, 0.05) is 0 Å². The van der Waals surface area contributed by atoms with E-state index < -0.39 is 0 Å². The van der Waals surface area contributed by atoms with E-state index in [-0.39, 0.29) is 0 Å². The highest BCUT2D eigenvalue weighted by molar-refractivity contribution is 5.27. The summed E-state index contributed by atoms with van der Waals surface area (Å²) in [5.41, 5.74) is 1.34. The normalized spacial score (nSPS) is 19.9. The zero-order valence-corrected chi connectivity index (χ0v) is 7.82. The SMILES string of the molecule is CCc1ccc(OCC2CO2)cc1. The summed E-state index contributed by atoms with van der Waals surface area (Å²) in [6, 6.07) is 8.23. The second-order valence-electron chi connectivity index (χ2n) is 3.26. The summed E-state index contributed by atoms with van der Waals surface area (Å²) in [4.78, 5) is 0. The zero-order chi connectivity index (χ0) is 9.10. The molecule has 1 aromatic rings. The Balaban J connectivity index is 1.88. The first-order chi connectivity index (χ1) is 6.38. The molecule has 0 N–H and O–H groups in total. The van der Waals surface area contributed by atoms with Crippen molar-refractivity contribution in [3.63, 3.8) is 0 Å². The average molecular weight is 178 g/mol. The summed E-state index contributed by atoms with van der Waals surface area (Å²) < 4.78 is 10.6. The lowest BCUT2D eigenvalue weighted by molar-refractivity contribution is 0.263. The van der Waals surface area contributed by atoms with Gasteiger partial charge in [-0.15, -0.1) is 0 Å². The molecule has 1 saturated heterocycles. The molecule has 0 saturated carbocycles. The molecule has 2 nitrogen and oxygen atoms in total. The molecule has 0 spiro atoms. The standard InChI is InChI=1S/C11H14O2/c1-2-9-3-5-10(6-4-9)12-7-11-8-13-11/h3-6,11H,2,7-8H2,1H3. The molecule has 0 radical (unpaired) electrons. The third kappa shape index (κ3) is 2.46. The van der Waals surface area contributed by atoms with Crippen molar-refractivity contribution in [2.24, 2.45) is 0 Å². The summed E-state index contributed by atoms with van der Waals surface area (Å²) in [5.74, 6) is 0.938. The van der Waals surface area contributed by atoms with Crippen LogP contribution in [0.15, 0.2) is 24.3 Å². The van der Waals surface area contributed by atoms with E-state index in [9.17, 15) is 0 Å². The Labute approximate surface area is 78.5 Å². The van der Waals surface area contributed by atoms with Gasteiger partial charge in [-0.05, 0) is 24.1 Å². The van der Waals surface area contributed by atoms with E-state index in [2.05, 4.69) is 19.1 Å². The van der Waals surface area contributed by atoms with E-state index >= 15 is 0 Å². The number of rotatable bonds is 4. The smallest absolute Gasteiger partial charge is 0.119 e. The molecule has 2 heteroatoms. The quantitative estimate of drug-likeness (QED) is 0.658. The van der Waals surface area contributed by atoms with Crippen molar-refractivity contribution in [3.05, 3.63) is 29.8 Å². The number of hydrogen-bond donors (Lipinski definition) is 0. The van der Waals surface area contributed by atoms with Gasteiger partial charge < -0.3 is 9.47 Å². The van der Waals surface area contributed by atoms with Gasteiger partial charge in [-0.3, -0.25) is 0 Å². The molecule has 70 valence electrons. The first-order valence-corrected chi connectivity index (χ1v) is 4.72. The van der Waals surface area contributed by atoms with Crippen LogP contribution in [0.2, 0.25) is 0 Å². The van der Waals surface area contributed by atoms with Crippen molar-refractivity contribution in [2.45, 2.75) is 19.4 Å². The van der Waals surface area contributed by atoms with Gasteiger partial charge in [0.25, 0.3) is 0 Å². The van der Waals surface area contributed by atoms with Crippen LogP contribution in [0.25, 0.3) is 0 Å². The third-order valence-corrected chi connectivity index (χ3v) is 2.17. The minimum atomic E-state index is 0.339. The molecule has 1 aliphatic heterocycles. The lowest BCUT2D eigenvalue weighted by Gasteiger charge is -2.04. The molecular formula is C11H14O2. The summed E-state index contributed by atoms with van der Waals surface area (Å²) in [5, 5.41) is 0. The van der Waals surface area contributed by atoms with Crippen molar-refractivity contribution in [1.82, 2.24) is 0 Å². The first kappa shape index (κ1) is 8.57. The molecule has 0 aliphatic carbocycles. The number of aryl methyl sites for hydroxylation is 1. The predicted molar refractivity (Wildman–Crippen MR) is 51.1 cm³/mol. The fourth-order valence-electron chi connectivity index (χ4n) is 1.17. The summed E-state index contributed by atoms with van der Waals surface area (Å²) in [6.45, 7) is 3.69. The first-order valence-electron chi connectivity index (χ1n) is 4.72. The maximum atomic E-state index is 5.50. The van der Waals surface area contributed by atoms with Gasteiger partial charge in [0.05, 0.1) is 6.61 Å². The van der Waals surface area contributed by atoms with E-state index in [0.29, 0.717) is 12.7 Å². The van der Waals surface area contributed by atoms with Crippen LogP contribution in [0.4, 0.5) is 0 Å². The monoisotopic (exact) mass is 178 g/mol. The van der Waals surface area contributed by atoms with Gasteiger partial charge in [-0.2, -0.15) is 0 Å². The number of benzene rings is 1. The molecule has 0 bridgehead atoms. The van der Waals surface area contributed by atoms with Crippen LogP contribution >= 0.6 is 0 Å². The van der Waals surface area contributed by atoms with Crippen LogP contribution < -0.4 is 4.74 Å². The van der Waals surface area contributed by atoms with Crippen molar-refractivity contribution in [3.8, 4) is 5.75 Å². The molecule has 1 heterocycles. The molecule has 1 aliphatic rings. The van der Waals surface area contributed by atoms with E-state index in [0.717, 1.165) is 18.8 Å². The molecule has 1 unspecified atom stereocenters. The molecule has 1 aromatic carbocycles. The zero-order valence-electron chi connectivity index (χ0n) is 7.82. The maximum absolute atomic E-state index is 5.50. The Morgan fingerprint density at radius 1 is 1.38 bits per heavy atom. The van der Waals surface area contributed by atoms with Crippen LogP contribution in [0.1, 0.15) is 12.5 Å². The molecule has 1 atom stereocenters. The van der Waals surface area contributed by atoms with Gasteiger partial charge in [-0.25, -0.2) is 0 Å². The maximum Gasteiger partial charge on any atom is 0.119 e. The molecule has 2 rings (SSSR count). The Bertz CT molecular complexity index is 262. The van der Waals surface area contributed by atoms with Gasteiger partial charge in [-0.1, -0.05) is 19.1 Å². The van der Waals surface area contributed by atoms with E-state index in [4.69, 9.17) is 9.47 Å².